The summed E-state index contributed by atoms with van der Waals surface area (Å²) in [5.74, 6) is 0. The van der Waals surface area contributed by atoms with Crippen molar-refractivity contribution in [3.8, 4) is 0 Å². The summed E-state index contributed by atoms with van der Waals surface area (Å²) in [6, 6.07) is 0. The molecule has 0 spiro atoms. The van der Waals surface area contributed by atoms with Crippen molar-refractivity contribution in [2.75, 3.05) is 0 Å². The van der Waals surface area contributed by atoms with Crippen LogP contribution >= 0.6 is 0 Å². The van der Waals surface area contributed by atoms with Crippen molar-refractivity contribution in [2.24, 2.45) is 5.73 Å². The molecule has 0 amide bonds. The minimum Gasteiger partial charge on any atom is -0.322 e. The van der Waals surface area contributed by atoms with Gasteiger partial charge in [-0.1, -0.05) is 13.8 Å². The molecule has 1 rings (SSSR count). The van der Waals surface area contributed by atoms with Gasteiger partial charge in [0.1, 0.15) is 0 Å². The molecule has 1 atom stereocenters. The molecule has 0 fully saturated rings. The van der Waals surface area contributed by atoms with Crippen molar-refractivity contribution in [1.82, 2.24) is 9.78 Å². The first-order valence-electron chi connectivity index (χ1n) is 4.92. The van der Waals surface area contributed by atoms with Crippen LogP contribution in [0.15, 0.2) is 12.4 Å². The molecule has 1 aromatic heterocycles. The van der Waals surface area contributed by atoms with Crippen molar-refractivity contribution in [3.05, 3.63) is 18.0 Å². The van der Waals surface area contributed by atoms with Gasteiger partial charge in [-0.05, 0) is 19.8 Å². The smallest absolute Gasteiger partial charge is 0.0540 e. The second-order valence-corrected chi connectivity index (χ2v) is 3.76. The normalized spacial score (nSPS) is 15.7. The summed E-state index contributed by atoms with van der Waals surface area (Å²) in [6.45, 7) is 7.25. The van der Waals surface area contributed by atoms with Crippen molar-refractivity contribution in [3.63, 3.8) is 0 Å². The fourth-order valence-corrected chi connectivity index (χ4v) is 1.21. The molecule has 2 N–H and O–H groups in total. The molecule has 1 aromatic rings. The van der Waals surface area contributed by atoms with Crippen LogP contribution in [0.25, 0.3) is 0 Å². The summed E-state index contributed by atoms with van der Waals surface area (Å²) in [4.78, 5) is 0. The first-order chi connectivity index (χ1) is 6.10. The molecule has 3 nitrogen and oxygen atoms in total. The number of aromatic nitrogens is 2. The third kappa shape index (κ3) is 2.31. The highest BCUT2D eigenvalue weighted by Crippen LogP contribution is 2.20. The SMILES string of the molecule is CCCn1cc(C(C)(N)CC)cn1. The average molecular weight is 181 g/mol. The number of rotatable bonds is 4. The van der Waals surface area contributed by atoms with E-state index in [1.807, 2.05) is 24.0 Å². The first-order valence-corrected chi connectivity index (χ1v) is 4.92. The van der Waals surface area contributed by atoms with E-state index >= 15 is 0 Å². The van der Waals surface area contributed by atoms with Crippen LogP contribution in [-0.4, -0.2) is 9.78 Å². The van der Waals surface area contributed by atoms with Crippen LogP contribution in [0.4, 0.5) is 0 Å². The molecule has 0 saturated heterocycles. The fraction of sp³-hybridized carbons (Fsp3) is 0.700. The van der Waals surface area contributed by atoms with Gasteiger partial charge in [0.25, 0.3) is 0 Å². The molecule has 74 valence electrons. The Morgan fingerprint density at radius 1 is 1.54 bits per heavy atom. The summed E-state index contributed by atoms with van der Waals surface area (Å²) >= 11 is 0. The number of aryl methyl sites for hydroxylation is 1. The molecule has 3 heteroatoms. The van der Waals surface area contributed by atoms with Gasteiger partial charge in [0.15, 0.2) is 0 Å². The zero-order chi connectivity index (χ0) is 9.90. The monoisotopic (exact) mass is 181 g/mol. The predicted molar refractivity (Wildman–Crippen MR) is 54.3 cm³/mol. The third-order valence-corrected chi connectivity index (χ3v) is 2.48. The van der Waals surface area contributed by atoms with E-state index in [4.69, 9.17) is 5.73 Å². The summed E-state index contributed by atoms with van der Waals surface area (Å²) in [6.07, 6.45) is 5.96. The van der Waals surface area contributed by atoms with Gasteiger partial charge in [-0.3, -0.25) is 4.68 Å². The Hall–Kier alpha value is -0.830. The summed E-state index contributed by atoms with van der Waals surface area (Å²) in [5, 5.41) is 4.26. The van der Waals surface area contributed by atoms with Crippen molar-refractivity contribution in [2.45, 2.75) is 45.7 Å². The Bertz CT molecular complexity index is 263. The van der Waals surface area contributed by atoms with Crippen molar-refractivity contribution >= 4 is 0 Å². The highest BCUT2D eigenvalue weighted by Gasteiger charge is 2.19. The molecule has 0 saturated carbocycles. The van der Waals surface area contributed by atoms with Gasteiger partial charge in [0.2, 0.25) is 0 Å². The maximum Gasteiger partial charge on any atom is 0.0540 e. The van der Waals surface area contributed by atoms with Gasteiger partial charge < -0.3 is 5.73 Å². The zero-order valence-corrected chi connectivity index (χ0v) is 8.75. The first kappa shape index (κ1) is 10.3. The molecule has 0 aliphatic rings. The highest BCUT2D eigenvalue weighted by atomic mass is 15.3. The molecule has 13 heavy (non-hydrogen) atoms. The molecule has 1 unspecified atom stereocenters. The Labute approximate surface area is 79.9 Å². The van der Waals surface area contributed by atoms with Gasteiger partial charge >= 0.3 is 0 Å². The van der Waals surface area contributed by atoms with Crippen LogP contribution in [0.2, 0.25) is 0 Å². The van der Waals surface area contributed by atoms with E-state index in [0.29, 0.717) is 0 Å². The van der Waals surface area contributed by atoms with Gasteiger partial charge in [0.05, 0.1) is 6.20 Å². The van der Waals surface area contributed by atoms with Gasteiger partial charge in [-0.2, -0.15) is 5.10 Å². The number of nitrogens with zero attached hydrogens (tertiary/aromatic N) is 2. The predicted octanol–water partition coefficient (Wildman–Crippen LogP) is 1.88. The molecule has 1 heterocycles. The minimum atomic E-state index is -0.230. The number of nitrogens with two attached hydrogens (primary N) is 1. The quantitative estimate of drug-likeness (QED) is 0.770. The molecule has 0 bridgehead atoms. The van der Waals surface area contributed by atoms with E-state index in [9.17, 15) is 0 Å². The summed E-state index contributed by atoms with van der Waals surface area (Å²) < 4.78 is 1.95. The van der Waals surface area contributed by atoms with Gasteiger partial charge in [-0.15, -0.1) is 0 Å². The highest BCUT2D eigenvalue weighted by molar-refractivity contribution is 5.15. The fourth-order valence-electron chi connectivity index (χ4n) is 1.21. The summed E-state index contributed by atoms with van der Waals surface area (Å²) in [7, 11) is 0. The van der Waals surface area contributed by atoms with E-state index in [1.165, 1.54) is 0 Å². The van der Waals surface area contributed by atoms with Crippen molar-refractivity contribution in [1.29, 1.82) is 0 Å². The Kier molecular flexibility index (Phi) is 3.09. The van der Waals surface area contributed by atoms with Crippen LogP contribution < -0.4 is 5.73 Å². The lowest BCUT2D eigenvalue weighted by atomic mass is 9.94. The van der Waals surface area contributed by atoms with Crippen LogP contribution in [-0.2, 0) is 12.1 Å². The Morgan fingerprint density at radius 2 is 2.23 bits per heavy atom. The third-order valence-electron chi connectivity index (χ3n) is 2.48. The largest absolute Gasteiger partial charge is 0.322 e. The molecule has 0 radical (unpaired) electrons. The van der Waals surface area contributed by atoms with Gasteiger partial charge in [-0.25, -0.2) is 0 Å². The van der Waals surface area contributed by atoms with Crippen LogP contribution in [0.1, 0.15) is 39.2 Å². The maximum absolute atomic E-state index is 6.09. The zero-order valence-electron chi connectivity index (χ0n) is 8.75. The second kappa shape index (κ2) is 3.92. The van der Waals surface area contributed by atoms with E-state index in [0.717, 1.165) is 24.9 Å². The maximum atomic E-state index is 6.09. The van der Waals surface area contributed by atoms with E-state index in [-0.39, 0.29) is 5.54 Å². The Balaban J connectivity index is 2.79. The number of hydrogen-bond acceptors (Lipinski definition) is 2. The second-order valence-electron chi connectivity index (χ2n) is 3.76. The van der Waals surface area contributed by atoms with Crippen LogP contribution in [0, 0.1) is 0 Å². The Morgan fingerprint density at radius 3 is 2.77 bits per heavy atom. The molecule has 0 aliphatic heterocycles. The van der Waals surface area contributed by atoms with E-state index < -0.39 is 0 Å². The lowest BCUT2D eigenvalue weighted by molar-refractivity contribution is 0.475. The molecular formula is C10H19N3. The van der Waals surface area contributed by atoms with E-state index in [1.54, 1.807) is 0 Å². The van der Waals surface area contributed by atoms with E-state index in [2.05, 4.69) is 18.9 Å². The summed E-state index contributed by atoms with van der Waals surface area (Å²) in [5.41, 5.74) is 6.99. The van der Waals surface area contributed by atoms with Crippen molar-refractivity contribution < 1.29 is 0 Å². The lowest BCUT2D eigenvalue weighted by Gasteiger charge is -2.20. The van der Waals surface area contributed by atoms with Crippen LogP contribution in [0.5, 0.6) is 0 Å². The molecule has 0 aliphatic carbocycles. The standard InChI is InChI=1S/C10H19N3/c1-4-6-13-8-9(7-12-13)10(3,11)5-2/h7-8H,4-6,11H2,1-3H3. The minimum absolute atomic E-state index is 0.230. The molecular weight excluding hydrogens is 162 g/mol. The van der Waals surface area contributed by atoms with Crippen LogP contribution in [0.3, 0.4) is 0 Å². The average Bonchev–Trinajstić information content (AvgIpc) is 2.54. The van der Waals surface area contributed by atoms with Gasteiger partial charge in [0, 0.05) is 23.8 Å². The molecule has 0 aromatic carbocycles. The lowest BCUT2D eigenvalue weighted by Crippen LogP contribution is -2.31. The topological polar surface area (TPSA) is 43.8 Å². The number of hydrogen-bond donors (Lipinski definition) is 1.